The maximum atomic E-state index is 12.3. The van der Waals surface area contributed by atoms with Crippen LogP contribution in [0.5, 0.6) is 0 Å². The predicted molar refractivity (Wildman–Crippen MR) is 99.7 cm³/mol. The predicted octanol–water partition coefficient (Wildman–Crippen LogP) is 2.37. The second-order valence-corrected chi connectivity index (χ2v) is 7.30. The quantitative estimate of drug-likeness (QED) is 0.813. The molecule has 136 valence electrons. The van der Waals surface area contributed by atoms with E-state index in [2.05, 4.69) is 10.9 Å². The van der Waals surface area contributed by atoms with Crippen molar-refractivity contribution in [3.8, 4) is 0 Å². The number of nitrogens with one attached hydrogen (secondary N) is 2. The van der Waals surface area contributed by atoms with Crippen molar-refractivity contribution in [2.75, 3.05) is 13.1 Å². The molecule has 2 N–H and O–H groups in total. The van der Waals surface area contributed by atoms with Crippen LogP contribution in [0.4, 0.5) is 0 Å². The van der Waals surface area contributed by atoms with Gasteiger partial charge in [0.25, 0.3) is 11.8 Å². The fraction of sp³-hybridized carbons (Fsp3) is 0.316. The number of rotatable bonds is 3. The molecule has 0 unspecified atom stereocenters. The molecule has 1 saturated heterocycles. The third-order valence-corrected chi connectivity index (χ3v) is 5.36. The van der Waals surface area contributed by atoms with Gasteiger partial charge < -0.3 is 4.90 Å². The summed E-state index contributed by atoms with van der Waals surface area (Å²) >= 11 is 1.42. The minimum atomic E-state index is -0.344. The van der Waals surface area contributed by atoms with Crippen LogP contribution in [0, 0.1) is 12.8 Å². The van der Waals surface area contributed by atoms with Crippen LogP contribution >= 0.6 is 11.3 Å². The average molecular weight is 371 g/mol. The molecule has 2 heterocycles. The van der Waals surface area contributed by atoms with E-state index in [0.29, 0.717) is 31.5 Å². The lowest BCUT2D eigenvalue weighted by atomic mass is 9.96. The summed E-state index contributed by atoms with van der Waals surface area (Å²) in [5.74, 6) is -0.746. The van der Waals surface area contributed by atoms with Crippen LogP contribution in [0.1, 0.15) is 38.4 Å². The van der Waals surface area contributed by atoms with Gasteiger partial charge in [0.15, 0.2) is 0 Å². The highest BCUT2D eigenvalue weighted by Gasteiger charge is 2.28. The van der Waals surface area contributed by atoms with Gasteiger partial charge in [-0.2, -0.15) is 0 Å². The molecule has 1 aromatic heterocycles. The minimum Gasteiger partial charge on any atom is -0.338 e. The Kier molecular flexibility index (Phi) is 5.68. The number of hydrazine groups is 1. The smallest absolute Gasteiger partial charge is 0.269 e. The standard InChI is InChI=1S/C19H21N3O3S/c1-13-4-6-14(7-5-13)17(23)20-21-18(24)15-8-10-22(11-9-15)19(25)16-3-2-12-26-16/h2-7,12,15H,8-11H2,1H3,(H,20,23)(H,21,24). The van der Waals surface area contributed by atoms with Crippen molar-refractivity contribution in [3.05, 3.63) is 57.8 Å². The Labute approximate surface area is 156 Å². The molecule has 2 aromatic rings. The Hall–Kier alpha value is -2.67. The largest absolute Gasteiger partial charge is 0.338 e. The molecule has 3 rings (SSSR count). The van der Waals surface area contributed by atoms with Gasteiger partial charge in [-0.15, -0.1) is 11.3 Å². The number of likely N-dealkylation sites (tertiary alicyclic amines) is 1. The van der Waals surface area contributed by atoms with Crippen molar-refractivity contribution in [1.82, 2.24) is 15.8 Å². The second-order valence-electron chi connectivity index (χ2n) is 6.35. The Morgan fingerprint density at radius 3 is 2.35 bits per heavy atom. The molecule has 3 amide bonds. The Bertz CT molecular complexity index is 779. The van der Waals surface area contributed by atoms with Gasteiger partial charge in [-0.05, 0) is 43.3 Å². The number of carbonyl (C=O) groups is 3. The molecule has 1 fully saturated rings. The maximum absolute atomic E-state index is 12.3. The summed E-state index contributed by atoms with van der Waals surface area (Å²) in [7, 11) is 0. The summed E-state index contributed by atoms with van der Waals surface area (Å²) in [6, 6.07) is 10.8. The van der Waals surface area contributed by atoms with E-state index in [0.717, 1.165) is 10.4 Å². The third-order valence-electron chi connectivity index (χ3n) is 4.50. The van der Waals surface area contributed by atoms with Crippen molar-refractivity contribution in [2.45, 2.75) is 19.8 Å². The van der Waals surface area contributed by atoms with Gasteiger partial charge in [0.1, 0.15) is 0 Å². The summed E-state index contributed by atoms with van der Waals surface area (Å²) < 4.78 is 0. The molecule has 6 nitrogen and oxygen atoms in total. The summed E-state index contributed by atoms with van der Waals surface area (Å²) in [6.07, 6.45) is 1.17. The van der Waals surface area contributed by atoms with E-state index in [4.69, 9.17) is 0 Å². The van der Waals surface area contributed by atoms with Gasteiger partial charge in [0, 0.05) is 24.6 Å². The molecule has 0 saturated carbocycles. The molecule has 0 aliphatic carbocycles. The van der Waals surface area contributed by atoms with Crippen LogP contribution in [0.2, 0.25) is 0 Å². The SMILES string of the molecule is Cc1ccc(C(=O)NNC(=O)C2CCN(C(=O)c3cccs3)CC2)cc1. The molecule has 0 atom stereocenters. The molecule has 0 radical (unpaired) electrons. The van der Waals surface area contributed by atoms with Crippen molar-refractivity contribution < 1.29 is 14.4 Å². The van der Waals surface area contributed by atoms with E-state index in [-0.39, 0.29) is 23.6 Å². The number of piperidine rings is 1. The molecule has 0 bridgehead atoms. The van der Waals surface area contributed by atoms with E-state index >= 15 is 0 Å². The van der Waals surface area contributed by atoms with Crippen LogP contribution in [0.15, 0.2) is 41.8 Å². The summed E-state index contributed by atoms with van der Waals surface area (Å²) in [4.78, 5) is 39.1. The van der Waals surface area contributed by atoms with Crippen LogP contribution in [-0.2, 0) is 4.79 Å². The minimum absolute atomic E-state index is 0.0199. The van der Waals surface area contributed by atoms with Crippen molar-refractivity contribution >= 4 is 29.1 Å². The lowest BCUT2D eigenvalue weighted by Gasteiger charge is -2.31. The Balaban J connectivity index is 1.45. The summed E-state index contributed by atoms with van der Waals surface area (Å²) in [5.41, 5.74) is 6.51. The van der Waals surface area contributed by atoms with Gasteiger partial charge in [-0.1, -0.05) is 23.8 Å². The van der Waals surface area contributed by atoms with E-state index in [1.54, 1.807) is 17.0 Å². The monoisotopic (exact) mass is 371 g/mol. The zero-order chi connectivity index (χ0) is 18.5. The highest BCUT2D eigenvalue weighted by Crippen LogP contribution is 2.20. The molecule has 1 aromatic carbocycles. The fourth-order valence-electron chi connectivity index (χ4n) is 2.90. The van der Waals surface area contributed by atoms with Crippen molar-refractivity contribution in [2.24, 2.45) is 5.92 Å². The Morgan fingerprint density at radius 2 is 1.73 bits per heavy atom. The zero-order valence-corrected chi connectivity index (χ0v) is 15.3. The molecule has 0 spiro atoms. The third kappa shape index (κ3) is 4.29. The van der Waals surface area contributed by atoms with E-state index in [9.17, 15) is 14.4 Å². The molecular formula is C19H21N3O3S. The normalized spacial score (nSPS) is 14.7. The number of aryl methyl sites for hydroxylation is 1. The molecule has 1 aliphatic heterocycles. The maximum Gasteiger partial charge on any atom is 0.269 e. The number of hydrogen-bond donors (Lipinski definition) is 2. The highest BCUT2D eigenvalue weighted by atomic mass is 32.1. The van der Waals surface area contributed by atoms with Crippen molar-refractivity contribution in [3.63, 3.8) is 0 Å². The first-order chi connectivity index (χ1) is 12.5. The van der Waals surface area contributed by atoms with Gasteiger partial charge in [0.2, 0.25) is 5.91 Å². The van der Waals surface area contributed by atoms with Gasteiger partial charge >= 0.3 is 0 Å². The number of nitrogens with zero attached hydrogens (tertiary/aromatic N) is 1. The van der Waals surface area contributed by atoms with Crippen LogP contribution < -0.4 is 10.9 Å². The number of amides is 3. The van der Waals surface area contributed by atoms with Crippen molar-refractivity contribution in [1.29, 1.82) is 0 Å². The fourth-order valence-corrected chi connectivity index (χ4v) is 3.59. The number of benzene rings is 1. The Morgan fingerprint density at radius 1 is 1.04 bits per heavy atom. The van der Waals surface area contributed by atoms with Gasteiger partial charge in [0.05, 0.1) is 4.88 Å². The second kappa shape index (κ2) is 8.14. The summed E-state index contributed by atoms with van der Waals surface area (Å²) in [6.45, 7) is 3.03. The first-order valence-corrected chi connectivity index (χ1v) is 9.42. The molecule has 7 heteroatoms. The molecular weight excluding hydrogens is 350 g/mol. The van der Waals surface area contributed by atoms with Crippen LogP contribution in [0.3, 0.4) is 0 Å². The number of carbonyl (C=O) groups excluding carboxylic acids is 3. The van der Waals surface area contributed by atoms with Gasteiger partial charge in [-0.25, -0.2) is 0 Å². The number of thiophene rings is 1. The van der Waals surface area contributed by atoms with Crippen LogP contribution in [0.25, 0.3) is 0 Å². The first kappa shape index (κ1) is 18.1. The number of hydrogen-bond acceptors (Lipinski definition) is 4. The highest BCUT2D eigenvalue weighted by molar-refractivity contribution is 7.12. The lowest BCUT2D eigenvalue weighted by molar-refractivity contribution is -0.127. The zero-order valence-electron chi connectivity index (χ0n) is 14.5. The lowest BCUT2D eigenvalue weighted by Crippen LogP contribution is -2.48. The van der Waals surface area contributed by atoms with Crippen LogP contribution in [-0.4, -0.2) is 35.7 Å². The molecule has 26 heavy (non-hydrogen) atoms. The average Bonchev–Trinajstić information content (AvgIpc) is 3.20. The first-order valence-electron chi connectivity index (χ1n) is 8.54. The summed E-state index contributed by atoms with van der Waals surface area (Å²) in [5, 5.41) is 1.88. The topological polar surface area (TPSA) is 78.5 Å². The van der Waals surface area contributed by atoms with E-state index in [1.807, 2.05) is 36.6 Å². The van der Waals surface area contributed by atoms with Gasteiger partial charge in [-0.3, -0.25) is 25.2 Å². The van der Waals surface area contributed by atoms with E-state index < -0.39 is 0 Å². The van der Waals surface area contributed by atoms with E-state index in [1.165, 1.54) is 11.3 Å². The molecule has 1 aliphatic rings.